The van der Waals surface area contributed by atoms with Gasteiger partial charge in [0.15, 0.2) is 5.11 Å². The van der Waals surface area contributed by atoms with Crippen LogP contribution in [-0.2, 0) is 6.54 Å². The van der Waals surface area contributed by atoms with Gasteiger partial charge in [-0.3, -0.25) is 0 Å². The van der Waals surface area contributed by atoms with Gasteiger partial charge in [0.25, 0.3) is 0 Å². The molecule has 0 saturated heterocycles. The Labute approximate surface area is 132 Å². The van der Waals surface area contributed by atoms with Gasteiger partial charge in [-0.15, -0.1) is 0 Å². The van der Waals surface area contributed by atoms with Crippen LogP contribution in [-0.4, -0.2) is 25.4 Å². The minimum atomic E-state index is 0.525. The molecule has 0 atom stereocenters. The Balaban J connectivity index is 1.85. The first-order valence-electron chi connectivity index (χ1n) is 7.48. The summed E-state index contributed by atoms with van der Waals surface area (Å²) in [4.78, 5) is 0. The number of rotatable bonds is 5. The zero-order valence-corrected chi connectivity index (χ0v) is 13.6. The van der Waals surface area contributed by atoms with E-state index in [1.807, 2.05) is 18.2 Å². The van der Waals surface area contributed by atoms with Gasteiger partial charge in [0.2, 0.25) is 0 Å². The second-order valence-electron chi connectivity index (χ2n) is 5.34. The molecule has 0 aromatic heterocycles. The molecule has 0 heterocycles. The molecule has 2 N–H and O–H groups in total. The van der Waals surface area contributed by atoms with E-state index in [9.17, 15) is 0 Å². The quantitative estimate of drug-likeness (QED) is 0.819. The first-order chi connectivity index (χ1) is 10.2. The van der Waals surface area contributed by atoms with Gasteiger partial charge in [-0.2, -0.15) is 0 Å². The molecule has 1 fully saturated rings. The standard InChI is InChI=1S/C16H24N2O2S/c1-19-14-9-8-12(15(10-14)20-2)11-17-16(21)18-13-6-4-3-5-7-13/h8-10,13H,3-7,11H2,1-2H3,(H2,17,18,21). The fourth-order valence-electron chi connectivity index (χ4n) is 2.66. The zero-order valence-electron chi connectivity index (χ0n) is 12.8. The molecule has 0 aliphatic heterocycles. The van der Waals surface area contributed by atoms with Crippen LogP contribution in [0.3, 0.4) is 0 Å². The van der Waals surface area contributed by atoms with E-state index in [0.29, 0.717) is 12.6 Å². The molecule has 0 radical (unpaired) electrons. The van der Waals surface area contributed by atoms with Crippen molar-refractivity contribution in [3.05, 3.63) is 23.8 Å². The topological polar surface area (TPSA) is 42.5 Å². The van der Waals surface area contributed by atoms with Crippen molar-refractivity contribution in [3.8, 4) is 11.5 Å². The van der Waals surface area contributed by atoms with E-state index < -0.39 is 0 Å². The van der Waals surface area contributed by atoms with Gasteiger partial charge in [-0.25, -0.2) is 0 Å². The highest BCUT2D eigenvalue weighted by Crippen LogP contribution is 2.24. The summed E-state index contributed by atoms with van der Waals surface area (Å²) in [5.41, 5.74) is 1.06. The van der Waals surface area contributed by atoms with Gasteiger partial charge in [-0.1, -0.05) is 19.3 Å². The molecule has 1 aliphatic carbocycles. The van der Waals surface area contributed by atoms with Crippen LogP contribution in [0.1, 0.15) is 37.7 Å². The lowest BCUT2D eigenvalue weighted by atomic mass is 9.96. The van der Waals surface area contributed by atoms with E-state index >= 15 is 0 Å². The van der Waals surface area contributed by atoms with Crippen molar-refractivity contribution in [1.29, 1.82) is 0 Å². The summed E-state index contributed by atoms with van der Waals surface area (Å²) in [6.07, 6.45) is 6.38. The Morgan fingerprint density at radius 2 is 1.95 bits per heavy atom. The van der Waals surface area contributed by atoms with Crippen LogP contribution < -0.4 is 20.1 Å². The lowest BCUT2D eigenvalue weighted by Crippen LogP contribution is -2.42. The van der Waals surface area contributed by atoms with Gasteiger partial charge in [-0.05, 0) is 37.2 Å². The van der Waals surface area contributed by atoms with Crippen LogP contribution in [0, 0.1) is 0 Å². The minimum Gasteiger partial charge on any atom is -0.497 e. The summed E-state index contributed by atoms with van der Waals surface area (Å²) in [5.74, 6) is 1.60. The third kappa shape index (κ3) is 4.77. The van der Waals surface area contributed by atoms with Crippen molar-refractivity contribution in [3.63, 3.8) is 0 Å². The number of nitrogens with one attached hydrogen (secondary N) is 2. The minimum absolute atomic E-state index is 0.525. The third-order valence-corrected chi connectivity index (χ3v) is 4.14. The van der Waals surface area contributed by atoms with E-state index in [1.165, 1.54) is 32.1 Å². The summed E-state index contributed by atoms with van der Waals surface area (Å²) in [6, 6.07) is 6.33. The lowest BCUT2D eigenvalue weighted by Gasteiger charge is -2.24. The number of thiocarbonyl (C=S) groups is 1. The van der Waals surface area contributed by atoms with Gasteiger partial charge < -0.3 is 20.1 Å². The molecule has 1 aliphatic rings. The van der Waals surface area contributed by atoms with Gasteiger partial charge in [0.05, 0.1) is 14.2 Å². The van der Waals surface area contributed by atoms with Crippen molar-refractivity contribution >= 4 is 17.3 Å². The number of hydrogen-bond donors (Lipinski definition) is 2. The van der Waals surface area contributed by atoms with Crippen LogP contribution in [0.15, 0.2) is 18.2 Å². The molecule has 21 heavy (non-hydrogen) atoms. The van der Waals surface area contributed by atoms with Gasteiger partial charge >= 0.3 is 0 Å². The highest BCUT2D eigenvalue weighted by Gasteiger charge is 2.14. The highest BCUT2D eigenvalue weighted by molar-refractivity contribution is 7.80. The monoisotopic (exact) mass is 308 g/mol. The van der Waals surface area contributed by atoms with Crippen LogP contribution in [0.25, 0.3) is 0 Å². The largest absolute Gasteiger partial charge is 0.497 e. The molecule has 1 saturated carbocycles. The van der Waals surface area contributed by atoms with Crippen molar-refractivity contribution in [1.82, 2.24) is 10.6 Å². The average molecular weight is 308 g/mol. The molecule has 0 bridgehead atoms. The normalized spacial score (nSPS) is 15.3. The first-order valence-corrected chi connectivity index (χ1v) is 7.89. The summed E-state index contributed by atoms with van der Waals surface area (Å²) >= 11 is 5.37. The van der Waals surface area contributed by atoms with Crippen LogP contribution in [0.2, 0.25) is 0 Å². The fraction of sp³-hybridized carbons (Fsp3) is 0.562. The van der Waals surface area contributed by atoms with E-state index in [0.717, 1.165) is 22.2 Å². The fourth-order valence-corrected chi connectivity index (χ4v) is 2.90. The molecular formula is C16H24N2O2S. The third-order valence-electron chi connectivity index (χ3n) is 3.87. The Kier molecular flexibility index (Phi) is 6.11. The summed E-state index contributed by atoms with van der Waals surface area (Å²) in [7, 11) is 3.31. The number of ether oxygens (including phenoxy) is 2. The van der Waals surface area contributed by atoms with E-state index in [-0.39, 0.29) is 0 Å². The van der Waals surface area contributed by atoms with Gasteiger partial charge in [0, 0.05) is 24.2 Å². The maximum atomic E-state index is 5.39. The molecule has 4 nitrogen and oxygen atoms in total. The Morgan fingerprint density at radius 1 is 1.19 bits per heavy atom. The van der Waals surface area contributed by atoms with Crippen LogP contribution in [0.4, 0.5) is 0 Å². The second kappa shape index (κ2) is 8.08. The summed E-state index contributed by atoms with van der Waals surface area (Å²) in [5, 5.41) is 7.38. The van der Waals surface area contributed by atoms with Crippen molar-refractivity contribution in [2.45, 2.75) is 44.7 Å². The van der Waals surface area contributed by atoms with Crippen LogP contribution >= 0.6 is 12.2 Å². The molecule has 0 unspecified atom stereocenters. The van der Waals surface area contributed by atoms with Gasteiger partial charge in [0.1, 0.15) is 11.5 Å². The van der Waals surface area contributed by atoms with E-state index in [4.69, 9.17) is 21.7 Å². The summed E-state index contributed by atoms with van der Waals surface area (Å²) < 4.78 is 10.6. The van der Waals surface area contributed by atoms with Crippen molar-refractivity contribution < 1.29 is 9.47 Å². The molecule has 1 aromatic rings. The molecule has 0 amide bonds. The SMILES string of the molecule is COc1ccc(CNC(=S)NC2CCCCC2)c(OC)c1. The maximum Gasteiger partial charge on any atom is 0.166 e. The molecule has 5 heteroatoms. The average Bonchev–Trinajstić information content (AvgIpc) is 2.53. The number of benzene rings is 1. The molecule has 0 spiro atoms. The summed E-state index contributed by atoms with van der Waals surface area (Å²) in [6.45, 7) is 0.645. The van der Waals surface area contributed by atoms with Crippen LogP contribution in [0.5, 0.6) is 11.5 Å². The van der Waals surface area contributed by atoms with E-state index in [1.54, 1.807) is 14.2 Å². The first kappa shape index (κ1) is 15.9. The predicted molar refractivity (Wildman–Crippen MR) is 89.0 cm³/mol. The van der Waals surface area contributed by atoms with Crippen molar-refractivity contribution in [2.75, 3.05) is 14.2 Å². The second-order valence-corrected chi connectivity index (χ2v) is 5.75. The van der Waals surface area contributed by atoms with E-state index in [2.05, 4.69) is 10.6 Å². The zero-order chi connectivity index (χ0) is 15.1. The Bertz CT molecular complexity index is 473. The number of hydrogen-bond acceptors (Lipinski definition) is 3. The lowest BCUT2D eigenvalue weighted by molar-refractivity contribution is 0.390. The molecule has 1 aromatic carbocycles. The smallest absolute Gasteiger partial charge is 0.166 e. The molecule has 2 rings (SSSR count). The Hall–Kier alpha value is -1.49. The maximum absolute atomic E-state index is 5.39. The molecule has 116 valence electrons. The predicted octanol–water partition coefficient (Wildman–Crippen LogP) is 3.00. The molecular weight excluding hydrogens is 284 g/mol. The Morgan fingerprint density at radius 3 is 2.62 bits per heavy atom. The van der Waals surface area contributed by atoms with Crippen molar-refractivity contribution in [2.24, 2.45) is 0 Å². The number of methoxy groups -OCH3 is 2. The highest BCUT2D eigenvalue weighted by atomic mass is 32.1.